The summed E-state index contributed by atoms with van der Waals surface area (Å²) >= 11 is 1.57. The van der Waals surface area contributed by atoms with Crippen LogP contribution in [0.3, 0.4) is 0 Å². The van der Waals surface area contributed by atoms with Crippen LogP contribution in [0.4, 0.5) is 10.9 Å². The van der Waals surface area contributed by atoms with Crippen LogP contribution >= 0.6 is 11.3 Å². The Labute approximate surface area is 130 Å². The number of anilines is 2. The highest BCUT2D eigenvalue weighted by Crippen LogP contribution is 2.31. The van der Waals surface area contributed by atoms with Crippen molar-refractivity contribution < 1.29 is 4.74 Å². The first-order chi connectivity index (χ1) is 10.8. The van der Waals surface area contributed by atoms with E-state index in [-0.39, 0.29) is 0 Å². The van der Waals surface area contributed by atoms with E-state index in [0.717, 1.165) is 26.4 Å². The summed E-state index contributed by atoms with van der Waals surface area (Å²) < 4.78 is 6.46. The second kappa shape index (κ2) is 5.23. The smallest absolute Gasteiger partial charge is 0.258 e. The van der Waals surface area contributed by atoms with Crippen LogP contribution in [0.2, 0.25) is 0 Å². The molecule has 2 heterocycles. The van der Waals surface area contributed by atoms with Gasteiger partial charge >= 0.3 is 0 Å². The van der Waals surface area contributed by atoms with Crippen molar-refractivity contribution in [3.8, 4) is 5.88 Å². The van der Waals surface area contributed by atoms with Crippen molar-refractivity contribution in [2.24, 2.45) is 0 Å². The molecule has 0 spiro atoms. The molecule has 0 saturated carbocycles. The van der Waals surface area contributed by atoms with E-state index >= 15 is 0 Å². The second-order valence-corrected chi connectivity index (χ2v) is 5.71. The van der Waals surface area contributed by atoms with E-state index in [2.05, 4.69) is 20.3 Å². The number of thiazole rings is 1. The van der Waals surface area contributed by atoms with Gasteiger partial charge in [0.15, 0.2) is 10.9 Å². The van der Waals surface area contributed by atoms with Crippen LogP contribution in [0.25, 0.3) is 21.3 Å². The lowest BCUT2D eigenvalue weighted by Crippen LogP contribution is -2.00. The maximum atomic E-state index is 5.34. The zero-order chi connectivity index (χ0) is 14.9. The Kier molecular flexibility index (Phi) is 3.08. The normalized spacial score (nSPS) is 11.0. The Morgan fingerprint density at radius 3 is 2.27 bits per heavy atom. The van der Waals surface area contributed by atoms with Crippen LogP contribution in [0.5, 0.6) is 5.88 Å². The molecule has 0 atom stereocenters. The maximum Gasteiger partial charge on any atom is 0.258 e. The molecular formula is C16H12N4OS. The van der Waals surface area contributed by atoms with Gasteiger partial charge in [-0.15, -0.1) is 0 Å². The average Bonchev–Trinajstić information content (AvgIpc) is 2.96. The lowest BCUT2D eigenvalue weighted by atomic mass is 10.3. The summed E-state index contributed by atoms with van der Waals surface area (Å²) in [5, 5.41) is 3.98. The molecule has 0 aliphatic heterocycles. The van der Waals surface area contributed by atoms with Gasteiger partial charge in [-0.05, 0) is 24.3 Å². The zero-order valence-corrected chi connectivity index (χ0v) is 12.6. The van der Waals surface area contributed by atoms with E-state index in [4.69, 9.17) is 4.74 Å². The molecule has 0 fully saturated rings. The predicted octanol–water partition coefficient (Wildman–Crippen LogP) is 3.99. The summed E-state index contributed by atoms with van der Waals surface area (Å²) in [5.41, 5.74) is 2.57. The van der Waals surface area contributed by atoms with Crippen molar-refractivity contribution in [3.05, 3.63) is 48.5 Å². The average molecular weight is 308 g/mol. The summed E-state index contributed by atoms with van der Waals surface area (Å²) in [6, 6.07) is 15.7. The molecule has 0 aliphatic carbocycles. The Balaban J connectivity index is 1.79. The molecule has 1 N–H and O–H groups in total. The molecule has 0 unspecified atom stereocenters. The number of nitrogens with one attached hydrogen (secondary N) is 1. The molecule has 0 saturated heterocycles. The van der Waals surface area contributed by atoms with Crippen molar-refractivity contribution in [1.82, 2.24) is 15.0 Å². The highest BCUT2D eigenvalue weighted by Gasteiger charge is 2.11. The van der Waals surface area contributed by atoms with Gasteiger partial charge in [0.1, 0.15) is 0 Å². The van der Waals surface area contributed by atoms with Crippen LogP contribution < -0.4 is 10.1 Å². The number of para-hydroxylation sites is 3. The van der Waals surface area contributed by atoms with E-state index in [9.17, 15) is 0 Å². The predicted molar refractivity (Wildman–Crippen MR) is 89.0 cm³/mol. The third-order valence-electron chi connectivity index (χ3n) is 3.25. The number of benzene rings is 2. The Morgan fingerprint density at radius 2 is 1.55 bits per heavy atom. The van der Waals surface area contributed by atoms with Crippen molar-refractivity contribution >= 4 is 43.5 Å². The van der Waals surface area contributed by atoms with Gasteiger partial charge in [-0.2, -0.15) is 0 Å². The maximum absolute atomic E-state index is 5.34. The fourth-order valence-electron chi connectivity index (χ4n) is 2.23. The van der Waals surface area contributed by atoms with Crippen LogP contribution in [0, 0.1) is 0 Å². The van der Waals surface area contributed by atoms with E-state index < -0.39 is 0 Å². The van der Waals surface area contributed by atoms with Crippen LogP contribution in [0.1, 0.15) is 0 Å². The first-order valence-corrected chi connectivity index (χ1v) is 7.58. The summed E-state index contributed by atoms with van der Waals surface area (Å²) in [6.07, 6.45) is 0. The van der Waals surface area contributed by atoms with Gasteiger partial charge in [0.05, 0.1) is 28.4 Å². The third kappa shape index (κ3) is 2.23. The van der Waals surface area contributed by atoms with Crippen molar-refractivity contribution in [3.63, 3.8) is 0 Å². The molecule has 0 amide bonds. The first kappa shape index (κ1) is 13.0. The molecule has 0 radical (unpaired) electrons. The Hall–Kier alpha value is -2.73. The quantitative estimate of drug-likeness (QED) is 0.620. The molecule has 2 aromatic carbocycles. The van der Waals surface area contributed by atoms with Gasteiger partial charge in [-0.3, -0.25) is 0 Å². The molecule has 2 aromatic heterocycles. The van der Waals surface area contributed by atoms with E-state index in [1.807, 2.05) is 48.5 Å². The minimum absolute atomic E-state index is 0.456. The van der Waals surface area contributed by atoms with Gasteiger partial charge in [0.25, 0.3) is 5.88 Å². The molecule has 5 nitrogen and oxygen atoms in total. The lowest BCUT2D eigenvalue weighted by molar-refractivity contribution is 0.400. The van der Waals surface area contributed by atoms with Crippen LogP contribution in [-0.2, 0) is 0 Å². The molecule has 6 heteroatoms. The second-order valence-electron chi connectivity index (χ2n) is 4.68. The molecular weight excluding hydrogens is 296 g/mol. The fraction of sp³-hybridized carbons (Fsp3) is 0.0625. The summed E-state index contributed by atoms with van der Waals surface area (Å²) in [6.45, 7) is 0. The number of rotatable bonds is 3. The fourth-order valence-corrected chi connectivity index (χ4v) is 3.10. The summed E-state index contributed by atoms with van der Waals surface area (Å²) in [4.78, 5) is 13.6. The number of aromatic nitrogens is 3. The highest BCUT2D eigenvalue weighted by molar-refractivity contribution is 7.22. The number of methoxy groups -OCH3 is 1. The summed E-state index contributed by atoms with van der Waals surface area (Å²) in [5.74, 6) is 1.03. The molecule has 0 bridgehead atoms. The van der Waals surface area contributed by atoms with E-state index in [0.29, 0.717) is 11.7 Å². The van der Waals surface area contributed by atoms with Crippen LogP contribution in [0.15, 0.2) is 48.5 Å². The Bertz CT molecular complexity index is 934. The monoisotopic (exact) mass is 308 g/mol. The minimum Gasteiger partial charge on any atom is -0.478 e. The largest absolute Gasteiger partial charge is 0.478 e. The molecule has 0 aliphatic rings. The molecule has 22 heavy (non-hydrogen) atoms. The van der Waals surface area contributed by atoms with Crippen LogP contribution in [-0.4, -0.2) is 22.1 Å². The summed E-state index contributed by atoms with van der Waals surface area (Å²) in [7, 11) is 1.59. The lowest BCUT2D eigenvalue weighted by Gasteiger charge is -2.08. The number of fused-ring (bicyclic) bond motifs is 2. The highest BCUT2D eigenvalue weighted by atomic mass is 32.1. The van der Waals surface area contributed by atoms with Gasteiger partial charge in [-0.1, -0.05) is 35.6 Å². The van der Waals surface area contributed by atoms with E-state index in [1.165, 1.54) is 0 Å². The number of ether oxygens (including phenoxy) is 1. The number of nitrogens with zero attached hydrogens (tertiary/aromatic N) is 3. The van der Waals surface area contributed by atoms with Gasteiger partial charge in [-0.25, -0.2) is 15.0 Å². The first-order valence-electron chi connectivity index (χ1n) is 6.77. The van der Waals surface area contributed by atoms with Crippen molar-refractivity contribution in [1.29, 1.82) is 0 Å². The molecule has 4 aromatic rings. The number of hydrogen-bond acceptors (Lipinski definition) is 6. The standard InChI is InChI=1S/C16H12N4OS/c1-21-15-14(17-10-6-2-3-7-11(10)18-15)20-16-19-12-8-4-5-9-13(12)22-16/h2-9H,1H3,(H,17,19,20). The SMILES string of the molecule is COc1nc2ccccc2nc1Nc1nc2ccccc2s1. The van der Waals surface area contributed by atoms with E-state index in [1.54, 1.807) is 18.4 Å². The number of hydrogen-bond donors (Lipinski definition) is 1. The zero-order valence-electron chi connectivity index (χ0n) is 11.8. The Morgan fingerprint density at radius 1 is 0.864 bits per heavy atom. The third-order valence-corrected chi connectivity index (χ3v) is 4.20. The van der Waals surface area contributed by atoms with Gasteiger partial charge in [0, 0.05) is 0 Å². The molecule has 108 valence electrons. The van der Waals surface area contributed by atoms with Crippen molar-refractivity contribution in [2.75, 3.05) is 12.4 Å². The molecule has 4 rings (SSSR count). The topological polar surface area (TPSA) is 59.9 Å². The van der Waals surface area contributed by atoms with Crippen molar-refractivity contribution in [2.45, 2.75) is 0 Å². The van der Waals surface area contributed by atoms with Gasteiger partial charge < -0.3 is 10.1 Å². The van der Waals surface area contributed by atoms with Gasteiger partial charge in [0.2, 0.25) is 0 Å². The minimum atomic E-state index is 0.456.